The molecule has 1 unspecified atom stereocenters. The average molecular weight is 262 g/mol. The van der Waals surface area contributed by atoms with Crippen LogP contribution in [0.2, 0.25) is 0 Å². The third-order valence-corrected chi connectivity index (χ3v) is 2.40. The second kappa shape index (κ2) is 4.52. The van der Waals surface area contributed by atoms with Crippen LogP contribution in [0.4, 0.5) is 4.39 Å². The van der Waals surface area contributed by atoms with Crippen LogP contribution in [-0.2, 0) is 11.2 Å². The summed E-state index contributed by atoms with van der Waals surface area (Å²) in [6.07, 6.45) is -0.0133. The maximum atomic E-state index is 13.3. The van der Waals surface area contributed by atoms with Gasteiger partial charge in [0, 0.05) is 6.42 Å². The van der Waals surface area contributed by atoms with Gasteiger partial charge in [0.15, 0.2) is 0 Å². The molecule has 1 rings (SSSR count). The fourth-order valence-corrected chi connectivity index (χ4v) is 1.44. The third kappa shape index (κ3) is 2.52. The Kier molecular flexibility index (Phi) is 3.60. The zero-order valence-electron chi connectivity index (χ0n) is 7.21. The van der Waals surface area contributed by atoms with Crippen LogP contribution in [0.5, 0.6) is 0 Å². The van der Waals surface area contributed by atoms with Gasteiger partial charge in [-0.25, -0.2) is 4.39 Å². The molecule has 1 aromatic carbocycles. The number of aliphatic carboxylic acids is 1. The summed E-state index contributed by atoms with van der Waals surface area (Å²) < 4.78 is 13.6. The van der Waals surface area contributed by atoms with Crippen LogP contribution in [0.1, 0.15) is 5.56 Å². The Morgan fingerprint density at radius 2 is 2.29 bits per heavy atom. The van der Waals surface area contributed by atoms with E-state index in [1.165, 1.54) is 6.07 Å². The third-order valence-electron chi connectivity index (χ3n) is 1.79. The summed E-state index contributed by atoms with van der Waals surface area (Å²) in [4.78, 5) is 10.4. The number of carbonyl (C=O) groups is 1. The highest BCUT2D eigenvalue weighted by Crippen LogP contribution is 2.19. The average Bonchev–Trinajstić information content (AvgIpc) is 2.12. The molecule has 0 fully saturated rings. The largest absolute Gasteiger partial charge is 0.480 e. The highest BCUT2D eigenvalue weighted by atomic mass is 79.9. The Bertz CT molecular complexity index is 357. The topological polar surface area (TPSA) is 63.3 Å². The Morgan fingerprint density at radius 3 is 2.86 bits per heavy atom. The van der Waals surface area contributed by atoms with E-state index < -0.39 is 17.8 Å². The first-order valence-electron chi connectivity index (χ1n) is 3.93. The zero-order valence-corrected chi connectivity index (χ0v) is 8.79. The lowest BCUT2D eigenvalue weighted by atomic mass is 10.1. The highest BCUT2D eigenvalue weighted by molar-refractivity contribution is 9.10. The number of carboxylic acid groups (broad SMARTS) is 1. The maximum Gasteiger partial charge on any atom is 0.320 e. The van der Waals surface area contributed by atoms with Gasteiger partial charge in [-0.2, -0.15) is 0 Å². The zero-order chi connectivity index (χ0) is 10.7. The lowest BCUT2D eigenvalue weighted by Crippen LogP contribution is -2.32. The quantitative estimate of drug-likeness (QED) is 0.868. The SMILES string of the molecule is NC(Cc1cccc(Br)c1F)C(=O)O. The Labute approximate surface area is 88.9 Å². The molecule has 76 valence electrons. The summed E-state index contributed by atoms with van der Waals surface area (Å²) in [7, 11) is 0. The van der Waals surface area contributed by atoms with Crippen molar-refractivity contribution in [3.8, 4) is 0 Å². The summed E-state index contributed by atoms with van der Waals surface area (Å²) in [5, 5.41) is 8.54. The van der Waals surface area contributed by atoms with Crippen molar-refractivity contribution in [1.82, 2.24) is 0 Å². The summed E-state index contributed by atoms with van der Waals surface area (Å²) in [5.41, 5.74) is 5.59. The van der Waals surface area contributed by atoms with Gasteiger partial charge in [-0.15, -0.1) is 0 Å². The minimum atomic E-state index is -1.13. The van der Waals surface area contributed by atoms with Gasteiger partial charge in [-0.3, -0.25) is 4.79 Å². The van der Waals surface area contributed by atoms with E-state index in [-0.39, 0.29) is 6.42 Å². The van der Waals surface area contributed by atoms with Gasteiger partial charge < -0.3 is 10.8 Å². The normalized spacial score (nSPS) is 12.5. The molecule has 5 heteroatoms. The molecular weight excluding hydrogens is 253 g/mol. The highest BCUT2D eigenvalue weighted by Gasteiger charge is 2.15. The molecule has 0 saturated carbocycles. The molecule has 0 aromatic heterocycles. The van der Waals surface area contributed by atoms with Crippen molar-refractivity contribution in [3.05, 3.63) is 34.1 Å². The van der Waals surface area contributed by atoms with Crippen LogP contribution in [-0.4, -0.2) is 17.1 Å². The monoisotopic (exact) mass is 261 g/mol. The van der Waals surface area contributed by atoms with Crippen LogP contribution >= 0.6 is 15.9 Å². The number of hydrogen-bond donors (Lipinski definition) is 2. The molecule has 0 amide bonds. The van der Waals surface area contributed by atoms with Gasteiger partial charge in [0.1, 0.15) is 11.9 Å². The van der Waals surface area contributed by atoms with Crippen molar-refractivity contribution in [2.24, 2.45) is 5.73 Å². The number of carboxylic acids is 1. The van der Waals surface area contributed by atoms with Crippen molar-refractivity contribution >= 4 is 21.9 Å². The van der Waals surface area contributed by atoms with Crippen LogP contribution in [0.3, 0.4) is 0 Å². The summed E-state index contributed by atoms with van der Waals surface area (Å²) in [5.74, 6) is -1.59. The predicted molar refractivity (Wildman–Crippen MR) is 53.4 cm³/mol. The molecule has 0 radical (unpaired) electrons. The van der Waals surface area contributed by atoms with Gasteiger partial charge in [0.2, 0.25) is 0 Å². The van der Waals surface area contributed by atoms with Crippen LogP contribution < -0.4 is 5.73 Å². The molecular formula is C9H9BrFNO2. The number of benzene rings is 1. The van der Waals surface area contributed by atoms with E-state index in [2.05, 4.69) is 15.9 Å². The van der Waals surface area contributed by atoms with Gasteiger partial charge in [-0.05, 0) is 27.6 Å². The smallest absolute Gasteiger partial charge is 0.320 e. The van der Waals surface area contributed by atoms with Crippen molar-refractivity contribution < 1.29 is 14.3 Å². The van der Waals surface area contributed by atoms with Crippen molar-refractivity contribution in [3.63, 3.8) is 0 Å². The summed E-state index contributed by atoms with van der Waals surface area (Å²) >= 11 is 3.01. The predicted octanol–water partition coefficient (Wildman–Crippen LogP) is 1.54. The first-order valence-corrected chi connectivity index (χ1v) is 4.73. The van der Waals surface area contributed by atoms with Crippen molar-refractivity contribution in [1.29, 1.82) is 0 Å². The molecule has 0 saturated heterocycles. The van der Waals surface area contributed by atoms with Crippen molar-refractivity contribution in [2.45, 2.75) is 12.5 Å². The molecule has 3 nitrogen and oxygen atoms in total. The maximum absolute atomic E-state index is 13.3. The molecule has 1 atom stereocenters. The summed E-state index contributed by atoms with van der Waals surface area (Å²) in [6, 6.07) is 3.63. The number of nitrogens with two attached hydrogens (primary N) is 1. The summed E-state index contributed by atoms with van der Waals surface area (Å²) in [6.45, 7) is 0. The Balaban J connectivity index is 2.87. The number of halogens is 2. The lowest BCUT2D eigenvalue weighted by Gasteiger charge is -2.07. The molecule has 0 heterocycles. The van der Waals surface area contributed by atoms with E-state index in [1.54, 1.807) is 12.1 Å². The van der Waals surface area contributed by atoms with Gasteiger partial charge >= 0.3 is 5.97 Å². The molecule has 1 aromatic rings. The molecule has 0 aliphatic rings. The molecule has 0 spiro atoms. The molecule has 3 N–H and O–H groups in total. The van der Waals surface area contributed by atoms with Gasteiger partial charge in [-0.1, -0.05) is 12.1 Å². The minimum Gasteiger partial charge on any atom is -0.480 e. The molecule has 14 heavy (non-hydrogen) atoms. The Morgan fingerprint density at radius 1 is 1.64 bits per heavy atom. The van der Waals surface area contributed by atoms with E-state index in [0.29, 0.717) is 10.0 Å². The first-order chi connectivity index (χ1) is 6.52. The fraction of sp³-hybridized carbons (Fsp3) is 0.222. The standard InChI is InChI=1S/C9H9BrFNO2/c10-6-3-1-2-5(8(6)11)4-7(12)9(13)14/h1-3,7H,4,12H2,(H,13,14). The van der Waals surface area contributed by atoms with Crippen molar-refractivity contribution in [2.75, 3.05) is 0 Å². The fourth-order valence-electron chi connectivity index (χ4n) is 1.03. The molecule has 0 aliphatic carbocycles. The lowest BCUT2D eigenvalue weighted by molar-refractivity contribution is -0.138. The van der Waals surface area contributed by atoms with Crippen LogP contribution in [0, 0.1) is 5.82 Å². The second-order valence-corrected chi connectivity index (χ2v) is 3.72. The number of rotatable bonds is 3. The van der Waals surface area contributed by atoms with E-state index in [4.69, 9.17) is 10.8 Å². The van der Waals surface area contributed by atoms with E-state index >= 15 is 0 Å². The first kappa shape index (κ1) is 11.1. The van der Waals surface area contributed by atoms with Crippen LogP contribution in [0.15, 0.2) is 22.7 Å². The second-order valence-electron chi connectivity index (χ2n) is 2.86. The van der Waals surface area contributed by atoms with Gasteiger partial charge in [0.25, 0.3) is 0 Å². The molecule has 0 bridgehead atoms. The molecule has 0 aliphatic heterocycles. The van der Waals surface area contributed by atoms with E-state index in [9.17, 15) is 9.18 Å². The number of hydrogen-bond acceptors (Lipinski definition) is 2. The van der Waals surface area contributed by atoms with E-state index in [1.807, 2.05) is 0 Å². The Hall–Kier alpha value is -0.940. The minimum absolute atomic E-state index is 0.0133. The van der Waals surface area contributed by atoms with Crippen LogP contribution in [0.25, 0.3) is 0 Å². The van der Waals surface area contributed by atoms with Gasteiger partial charge in [0.05, 0.1) is 4.47 Å². The van der Waals surface area contributed by atoms with E-state index in [0.717, 1.165) is 0 Å².